The van der Waals surface area contributed by atoms with Gasteiger partial charge >= 0.3 is 0 Å². The number of hydrogen-bond acceptors (Lipinski definition) is 4. The first-order chi connectivity index (χ1) is 13.3. The van der Waals surface area contributed by atoms with E-state index in [1.165, 1.54) is 19.3 Å². The molecule has 5 nitrogen and oxygen atoms in total. The Morgan fingerprint density at radius 1 is 0.926 bits per heavy atom. The summed E-state index contributed by atoms with van der Waals surface area (Å²) in [7, 11) is 0. The first kappa shape index (κ1) is 17.5. The topological polar surface area (TPSA) is 58.1 Å². The molecule has 0 unspecified atom stereocenters. The fourth-order valence-corrected chi connectivity index (χ4v) is 3.70. The third-order valence-electron chi connectivity index (χ3n) is 5.07. The Labute approximate surface area is 159 Å². The smallest absolute Gasteiger partial charge is 0.224 e. The summed E-state index contributed by atoms with van der Waals surface area (Å²) in [6, 6.07) is 13.9. The van der Waals surface area contributed by atoms with Gasteiger partial charge in [0.25, 0.3) is 0 Å². The molecule has 0 radical (unpaired) electrons. The molecule has 27 heavy (non-hydrogen) atoms. The lowest BCUT2D eigenvalue weighted by atomic mass is 10.1. The van der Waals surface area contributed by atoms with Gasteiger partial charge in [-0.1, -0.05) is 30.3 Å². The molecule has 1 aliphatic heterocycles. The summed E-state index contributed by atoms with van der Waals surface area (Å²) in [6.45, 7) is 2.58. The maximum atomic E-state index is 12.5. The van der Waals surface area contributed by atoms with Gasteiger partial charge in [0, 0.05) is 43.0 Å². The van der Waals surface area contributed by atoms with Crippen LogP contribution in [0.2, 0.25) is 0 Å². The van der Waals surface area contributed by atoms with E-state index < -0.39 is 0 Å². The van der Waals surface area contributed by atoms with Crippen LogP contribution < -0.4 is 10.2 Å². The number of amides is 1. The van der Waals surface area contributed by atoms with E-state index in [9.17, 15) is 4.79 Å². The molecule has 5 heteroatoms. The number of nitrogens with one attached hydrogen (secondary N) is 1. The van der Waals surface area contributed by atoms with Crippen LogP contribution in [0, 0.1) is 0 Å². The predicted molar refractivity (Wildman–Crippen MR) is 108 cm³/mol. The highest BCUT2D eigenvalue weighted by atomic mass is 16.1. The molecule has 0 aliphatic carbocycles. The maximum absolute atomic E-state index is 12.5. The Morgan fingerprint density at radius 3 is 2.56 bits per heavy atom. The van der Waals surface area contributed by atoms with Crippen molar-refractivity contribution in [2.24, 2.45) is 0 Å². The average molecular weight is 360 g/mol. The molecule has 1 aliphatic rings. The van der Waals surface area contributed by atoms with Crippen molar-refractivity contribution in [2.45, 2.75) is 32.2 Å². The monoisotopic (exact) mass is 360 g/mol. The molecule has 2 aromatic heterocycles. The summed E-state index contributed by atoms with van der Waals surface area (Å²) in [5, 5.41) is 4.12. The zero-order valence-corrected chi connectivity index (χ0v) is 15.4. The molecule has 4 rings (SSSR count). The van der Waals surface area contributed by atoms with Crippen LogP contribution in [0.5, 0.6) is 0 Å². The largest absolute Gasteiger partial charge is 0.356 e. The first-order valence-corrected chi connectivity index (χ1v) is 9.59. The third kappa shape index (κ3) is 4.08. The second-order valence-corrected chi connectivity index (χ2v) is 6.98. The molecular formula is C22H24N4O. The molecule has 138 valence electrons. The molecule has 0 saturated carbocycles. The van der Waals surface area contributed by atoms with Gasteiger partial charge in [-0.25, -0.2) is 4.98 Å². The van der Waals surface area contributed by atoms with Gasteiger partial charge in [0.1, 0.15) is 5.82 Å². The molecule has 1 fully saturated rings. The Kier molecular flexibility index (Phi) is 5.28. The number of carbonyl (C=O) groups is 1. The van der Waals surface area contributed by atoms with Crippen molar-refractivity contribution in [1.29, 1.82) is 0 Å². The molecule has 1 saturated heterocycles. The summed E-state index contributed by atoms with van der Waals surface area (Å²) in [5.74, 6) is 1.01. The van der Waals surface area contributed by atoms with Crippen LogP contribution in [0.15, 0.2) is 54.9 Å². The second kappa shape index (κ2) is 8.16. The zero-order valence-electron chi connectivity index (χ0n) is 15.4. The predicted octanol–water partition coefficient (Wildman–Crippen LogP) is 3.48. The number of aromatic nitrogens is 2. The Bertz CT molecular complexity index is 929. The highest BCUT2D eigenvalue weighted by Crippen LogP contribution is 2.21. The normalized spacial score (nSPS) is 14.3. The second-order valence-electron chi connectivity index (χ2n) is 6.98. The van der Waals surface area contributed by atoms with Gasteiger partial charge in [-0.2, -0.15) is 0 Å². The van der Waals surface area contributed by atoms with Crippen molar-refractivity contribution in [2.75, 3.05) is 18.0 Å². The number of nitrogens with zero attached hydrogens (tertiary/aromatic N) is 3. The number of rotatable bonds is 5. The van der Waals surface area contributed by atoms with Gasteiger partial charge in [-0.05, 0) is 37.0 Å². The summed E-state index contributed by atoms with van der Waals surface area (Å²) in [5.41, 5.74) is 2.92. The van der Waals surface area contributed by atoms with Gasteiger partial charge in [0.2, 0.25) is 5.91 Å². The lowest BCUT2D eigenvalue weighted by molar-refractivity contribution is -0.120. The standard InChI is InChI=1S/C22H24N4O/c27-20(15-18-8-4-7-17-9-5-11-23-21(17)18)25-16-19-10-6-12-24-22(19)26-13-2-1-3-14-26/h4-12H,1-3,13-16H2,(H,25,27). The van der Waals surface area contributed by atoms with E-state index in [1.54, 1.807) is 6.20 Å². The van der Waals surface area contributed by atoms with E-state index in [-0.39, 0.29) is 5.91 Å². The number of carbonyl (C=O) groups excluding carboxylic acids is 1. The van der Waals surface area contributed by atoms with E-state index in [0.29, 0.717) is 13.0 Å². The fourth-order valence-electron chi connectivity index (χ4n) is 3.70. The van der Waals surface area contributed by atoms with Crippen molar-refractivity contribution < 1.29 is 4.79 Å². The third-order valence-corrected chi connectivity index (χ3v) is 5.07. The number of anilines is 1. The van der Waals surface area contributed by atoms with Gasteiger partial charge in [-0.3, -0.25) is 9.78 Å². The maximum Gasteiger partial charge on any atom is 0.224 e. The van der Waals surface area contributed by atoms with Gasteiger partial charge in [0.15, 0.2) is 0 Å². The molecule has 3 heterocycles. The Hall–Kier alpha value is -2.95. The molecule has 0 spiro atoms. The molecular weight excluding hydrogens is 336 g/mol. The zero-order chi connectivity index (χ0) is 18.5. The van der Waals surface area contributed by atoms with Crippen LogP contribution in [-0.4, -0.2) is 29.0 Å². The number of fused-ring (bicyclic) bond motifs is 1. The average Bonchev–Trinajstić information content (AvgIpc) is 2.73. The summed E-state index contributed by atoms with van der Waals surface area (Å²) in [4.78, 5) is 23.9. The van der Waals surface area contributed by atoms with E-state index in [1.807, 2.05) is 42.6 Å². The van der Waals surface area contributed by atoms with E-state index in [0.717, 1.165) is 40.9 Å². The van der Waals surface area contributed by atoms with Gasteiger partial charge in [0.05, 0.1) is 11.9 Å². The van der Waals surface area contributed by atoms with E-state index in [4.69, 9.17) is 0 Å². The van der Waals surface area contributed by atoms with Crippen molar-refractivity contribution in [3.8, 4) is 0 Å². The van der Waals surface area contributed by atoms with Crippen molar-refractivity contribution in [3.05, 3.63) is 66.0 Å². The lowest BCUT2D eigenvalue weighted by Gasteiger charge is -2.29. The SMILES string of the molecule is O=C(Cc1cccc2cccnc12)NCc1cccnc1N1CCCCC1. The van der Waals surface area contributed by atoms with Gasteiger partial charge < -0.3 is 10.2 Å². The van der Waals surface area contributed by atoms with E-state index >= 15 is 0 Å². The van der Waals surface area contributed by atoms with Crippen molar-refractivity contribution in [1.82, 2.24) is 15.3 Å². The quantitative estimate of drug-likeness (QED) is 0.757. The van der Waals surface area contributed by atoms with Gasteiger partial charge in [-0.15, -0.1) is 0 Å². The van der Waals surface area contributed by atoms with Crippen LogP contribution in [0.3, 0.4) is 0 Å². The van der Waals surface area contributed by atoms with Crippen LogP contribution in [0.1, 0.15) is 30.4 Å². The number of piperidine rings is 1. The van der Waals surface area contributed by atoms with Crippen molar-refractivity contribution >= 4 is 22.6 Å². The number of pyridine rings is 2. The fraction of sp³-hybridized carbons (Fsp3) is 0.318. The minimum Gasteiger partial charge on any atom is -0.356 e. The molecule has 3 aromatic rings. The lowest BCUT2D eigenvalue weighted by Crippen LogP contribution is -2.32. The highest BCUT2D eigenvalue weighted by Gasteiger charge is 2.16. The van der Waals surface area contributed by atoms with Crippen molar-refractivity contribution in [3.63, 3.8) is 0 Å². The highest BCUT2D eigenvalue weighted by molar-refractivity contribution is 5.87. The minimum absolute atomic E-state index is 0.00148. The summed E-state index contributed by atoms with van der Waals surface area (Å²) < 4.78 is 0. The Balaban J connectivity index is 1.44. The minimum atomic E-state index is 0.00148. The number of para-hydroxylation sites is 1. The van der Waals surface area contributed by atoms with E-state index in [2.05, 4.69) is 26.3 Å². The summed E-state index contributed by atoms with van der Waals surface area (Å²) in [6.07, 6.45) is 7.62. The number of hydrogen-bond donors (Lipinski definition) is 1. The Morgan fingerprint density at radius 2 is 1.67 bits per heavy atom. The first-order valence-electron chi connectivity index (χ1n) is 9.59. The van der Waals surface area contributed by atoms with Crippen LogP contribution in [0.4, 0.5) is 5.82 Å². The molecule has 1 aromatic carbocycles. The summed E-state index contributed by atoms with van der Waals surface area (Å²) >= 11 is 0. The molecule has 1 amide bonds. The number of benzene rings is 1. The molecule has 1 N–H and O–H groups in total. The molecule has 0 bridgehead atoms. The van der Waals surface area contributed by atoms with Crippen LogP contribution in [-0.2, 0) is 17.8 Å². The van der Waals surface area contributed by atoms with Crippen LogP contribution in [0.25, 0.3) is 10.9 Å². The van der Waals surface area contributed by atoms with Crippen LogP contribution >= 0.6 is 0 Å². The molecule has 0 atom stereocenters.